The number of Topliss-reactive ketones (excluding diaryl/α,β-unsaturated/α-hetero) is 1. The number of nitrogens with one attached hydrogen (secondary N) is 2. The van der Waals surface area contributed by atoms with Crippen molar-refractivity contribution in [2.24, 2.45) is 5.92 Å². The Morgan fingerprint density at radius 2 is 1.83 bits per heavy atom. The normalized spacial score (nSPS) is 27.1. The lowest BCUT2D eigenvalue weighted by atomic mass is 9.71. The van der Waals surface area contributed by atoms with Gasteiger partial charge in [-0.15, -0.1) is 0 Å². The number of para-hydroxylation sites is 1. The van der Waals surface area contributed by atoms with Crippen LogP contribution in [0.3, 0.4) is 0 Å². The van der Waals surface area contributed by atoms with Crippen molar-refractivity contribution in [3.8, 4) is 0 Å². The van der Waals surface area contributed by atoms with E-state index < -0.39 is 11.5 Å². The van der Waals surface area contributed by atoms with E-state index in [-0.39, 0.29) is 17.6 Å². The van der Waals surface area contributed by atoms with Crippen LogP contribution in [0.4, 0.5) is 5.69 Å². The van der Waals surface area contributed by atoms with Crippen molar-refractivity contribution in [1.82, 2.24) is 4.98 Å². The number of pyridine rings is 1. The predicted molar refractivity (Wildman–Crippen MR) is 115 cm³/mol. The van der Waals surface area contributed by atoms with Gasteiger partial charge in [0.15, 0.2) is 5.78 Å². The topological polar surface area (TPSA) is 63.5 Å². The van der Waals surface area contributed by atoms with E-state index in [0.29, 0.717) is 17.3 Å². The summed E-state index contributed by atoms with van der Waals surface area (Å²) in [5.74, 6) is -0.975. The molecule has 1 unspecified atom stereocenters. The fourth-order valence-corrected chi connectivity index (χ4v) is 5.38. The zero-order valence-corrected chi connectivity index (χ0v) is 17.2. The quantitative estimate of drug-likeness (QED) is 0.643. The monoisotopic (exact) mass is 418 g/mol. The number of fused-ring (bicyclic) bond motifs is 2. The second kappa shape index (κ2) is 7.04. The highest BCUT2D eigenvalue weighted by Gasteiger charge is 2.68. The van der Waals surface area contributed by atoms with Crippen molar-refractivity contribution in [2.45, 2.75) is 11.5 Å². The van der Waals surface area contributed by atoms with E-state index in [1.165, 1.54) is 0 Å². The van der Waals surface area contributed by atoms with Crippen LogP contribution in [-0.2, 0) is 10.3 Å². The number of rotatable bonds is 3. The molecule has 150 valence electrons. The van der Waals surface area contributed by atoms with Gasteiger partial charge in [0.25, 0.3) is 5.91 Å². The maximum Gasteiger partial charge on any atom is 0.291 e. The summed E-state index contributed by atoms with van der Waals surface area (Å²) in [7, 11) is 2.00. The first-order valence-corrected chi connectivity index (χ1v) is 10.4. The molecule has 0 radical (unpaired) electrons. The van der Waals surface area contributed by atoms with Crippen molar-refractivity contribution in [2.75, 3.05) is 18.9 Å². The minimum absolute atomic E-state index is 0.112. The summed E-state index contributed by atoms with van der Waals surface area (Å²) in [6, 6.07) is 20.6. The van der Waals surface area contributed by atoms with Gasteiger partial charge in [0.05, 0.1) is 25.2 Å². The number of amides is 1. The van der Waals surface area contributed by atoms with E-state index in [4.69, 9.17) is 11.6 Å². The second-order valence-corrected chi connectivity index (χ2v) is 8.44. The van der Waals surface area contributed by atoms with E-state index in [2.05, 4.69) is 10.3 Å². The van der Waals surface area contributed by atoms with Gasteiger partial charge in [-0.05, 0) is 35.9 Å². The van der Waals surface area contributed by atoms with E-state index in [9.17, 15) is 9.59 Å². The van der Waals surface area contributed by atoms with Crippen LogP contribution in [-0.4, -0.2) is 30.3 Å². The summed E-state index contributed by atoms with van der Waals surface area (Å²) < 4.78 is 0. The fraction of sp³-hybridized carbons (Fsp3) is 0.208. The molecule has 2 aliphatic heterocycles. The van der Waals surface area contributed by atoms with E-state index in [1.54, 1.807) is 24.4 Å². The Morgan fingerprint density at radius 1 is 1.10 bits per heavy atom. The highest BCUT2D eigenvalue weighted by Crippen LogP contribution is 2.48. The highest BCUT2D eigenvalue weighted by atomic mass is 35.5. The van der Waals surface area contributed by atoms with E-state index in [0.717, 1.165) is 21.7 Å². The fourth-order valence-electron chi connectivity index (χ4n) is 5.26. The van der Waals surface area contributed by atoms with E-state index >= 15 is 0 Å². The van der Waals surface area contributed by atoms with Crippen LogP contribution < -0.4 is 10.2 Å². The summed E-state index contributed by atoms with van der Waals surface area (Å²) in [4.78, 5) is 32.7. The summed E-state index contributed by atoms with van der Waals surface area (Å²) in [6.07, 6.45) is 1.62. The number of halogens is 1. The van der Waals surface area contributed by atoms with Crippen LogP contribution in [0, 0.1) is 5.92 Å². The first kappa shape index (κ1) is 19.0. The Kier molecular flexibility index (Phi) is 4.45. The van der Waals surface area contributed by atoms with Crippen LogP contribution in [0.5, 0.6) is 0 Å². The molecule has 1 fully saturated rings. The third-order valence-corrected chi connectivity index (χ3v) is 6.78. The minimum atomic E-state index is -1.00. The summed E-state index contributed by atoms with van der Waals surface area (Å²) in [6.45, 7) is 0.645. The van der Waals surface area contributed by atoms with Crippen LogP contribution in [0.1, 0.15) is 27.5 Å². The van der Waals surface area contributed by atoms with Crippen LogP contribution in [0.2, 0.25) is 5.02 Å². The number of benzene rings is 2. The molecule has 2 N–H and O–H groups in total. The van der Waals surface area contributed by atoms with Crippen molar-refractivity contribution < 1.29 is 14.5 Å². The zero-order valence-electron chi connectivity index (χ0n) is 16.4. The lowest BCUT2D eigenvalue weighted by Gasteiger charge is -2.31. The van der Waals surface area contributed by atoms with Gasteiger partial charge in [-0.2, -0.15) is 0 Å². The maximum absolute atomic E-state index is 13.9. The summed E-state index contributed by atoms with van der Waals surface area (Å²) >= 11 is 6.11. The molecule has 6 heteroatoms. The van der Waals surface area contributed by atoms with Gasteiger partial charge < -0.3 is 10.2 Å². The predicted octanol–water partition coefficient (Wildman–Crippen LogP) is 2.69. The Labute approximate surface area is 179 Å². The number of quaternary nitrogens is 1. The Morgan fingerprint density at radius 3 is 2.57 bits per heavy atom. The molecule has 30 heavy (non-hydrogen) atoms. The van der Waals surface area contributed by atoms with Gasteiger partial charge in [-0.3, -0.25) is 14.6 Å². The summed E-state index contributed by atoms with van der Waals surface area (Å²) in [5.41, 5.74) is 2.03. The number of likely N-dealkylation sites (N-methyl/N-ethyl adjacent to an activating group) is 1. The maximum atomic E-state index is 13.9. The van der Waals surface area contributed by atoms with Gasteiger partial charge in [0.1, 0.15) is 11.6 Å². The number of carbonyl (C=O) groups is 2. The van der Waals surface area contributed by atoms with Gasteiger partial charge >= 0.3 is 0 Å². The van der Waals surface area contributed by atoms with Crippen molar-refractivity contribution >= 4 is 29.0 Å². The third-order valence-electron chi connectivity index (χ3n) is 6.52. The standard InChI is InChI=1S/C24H20ClN3O2/c1-28-14-17(15-9-11-16(25)12-10-15)21(22(29)20-8-4-5-13-26-20)24(28)18-6-2-3-7-19(18)27-23(24)30/h2-13,17,21H,14H2,1H3,(H,27,30)/p+1/t17-,21-,24-/m1/s1. The molecule has 0 bridgehead atoms. The summed E-state index contributed by atoms with van der Waals surface area (Å²) in [5, 5.41) is 3.67. The number of carbonyl (C=O) groups excluding carboxylic acids is 2. The second-order valence-electron chi connectivity index (χ2n) is 8.01. The first-order valence-electron chi connectivity index (χ1n) is 9.98. The molecular formula is C24H21ClN3O2+. The molecule has 5 rings (SSSR count). The van der Waals surface area contributed by atoms with Gasteiger partial charge in [-0.1, -0.05) is 48.0 Å². The van der Waals surface area contributed by atoms with Crippen LogP contribution >= 0.6 is 11.6 Å². The molecule has 5 nitrogen and oxygen atoms in total. The molecule has 1 aromatic heterocycles. The number of aromatic nitrogens is 1. The molecule has 1 saturated heterocycles. The van der Waals surface area contributed by atoms with Crippen molar-refractivity contribution in [3.05, 3.63) is 94.8 Å². The highest BCUT2D eigenvalue weighted by molar-refractivity contribution is 6.30. The molecule has 4 atom stereocenters. The van der Waals surface area contributed by atoms with E-state index in [1.807, 2.05) is 55.6 Å². The van der Waals surface area contributed by atoms with Crippen LogP contribution in [0.15, 0.2) is 72.9 Å². The molecule has 3 heterocycles. The smallest absolute Gasteiger partial charge is 0.291 e. The number of nitrogens with zero attached hydrogens (tertiary/aromatic N) is 1. The number of hydrogen-bond acceptors (Lipinski definition) is 3. The average Bonchev–Trinajstić information content (AvgIpc) is 3.24. The molecule has 3 aromatic rings. The zero-order chi connectivity index (χ0) is 20.9. The van der Waals surface area contributed by atoms with Crippen LogP contribution in [0.25, 0.3) is 0 Å². The average molecular weight is 419 g/mol. The number of ketones is 1. The molecule has 0 aliphatic carbocycles. The molecule has 1 spiro atoms. The molecule has 2 aromatic carbocycles. The van der Waals surface area contributed by atoms with Crippen molar-refractivity contribution in [3.63, 3.8) is 0 Å². The molecule has 2 aliphatic rings. The lowest BCUT2D eigenvalue weighted by molar-refractivity contribution is -0.918. The Bertz CT molecular complexity index is 1130. The first-order chi connectivity index (χ1) is 14.5. The molecular weight excluding hydrogens is 398 g/mol. The van der Waals surface area contributed by atoms with Gasteiger partial charge in [-0.25, -0.2) is 0 Å². The van der Waals surface area contributed by atoms with Gasteiger partial charge in [0.2, 0.25) is 5.54 Å². The number of hydrogen-bond donors (Lipinski definition) is 2. The minimum Gasteiger partial charge on any atom is -0.320 e. The Hall–Kier alpha value is -3.02. The Balaban J connectivity index is 1.73. The third kappa shape index (κ3) is 2.62. The SMILES string of the molecule is C[NH+]1C[C@H](c2ccc(Cl)cc2)[C@H](C(=O)c2ccccn2)[C@]12C(=O)Nc1ccccc12. The largest absolute Gasteiger partial charge is 0.320 e. The number of anilines is 1. The lowest BCUT2D eigenvalue weighted by Crippen LogP contribution is -3.15. The van der Waals surface area contributed by atoms with Crippen molar-refractivity contribution in [1.29, 1.82) is 0 Å². The number of likely N-dealkylation sites (tertiary alicyclic amines) is 1. The molecule has 0 saturated carbocycles. The van der Waals surface area contributed by atoms with Gasteiger partial charge in [0, 0.05) is 16.8 Å². The molecule has 1 amide bonds.